The van der Waals surface area contributed by atoms with Crippen molar-refractivity contribution < 1.29 is 19.1 Å². The number of esters is 1. The molecule has 1 saturated carbocycles. The van der Waals surface area contributed by atoms with Crippen LogP contribution in [-0.2, 0) is 19.1 Å². The van der Waals surface area contributed by atoms with Crippen LogP contribution in [0.3, 0.4) is 0 Å². The highest BCUT2D eigenvalue weighted by molar-refractivity contribution is 6.38. The molecule has 2 amide bonds. The van der Waals surface area contributed by atoms with E-state index in [1.807, 2.05) is 6.07 Å². The van der Waals surface area contributed by atoms with Crippen LogP contribution in [0.2, 0.25) is 0 Å². The Morgan fingerprint density at radius 3 is 2.68 bits per heavy atom. The first-order valence-electron chi connectivity index (χ1n) is 9.87. The molecule has 0 aromatic heterocycles. The highest BCUT2D eigenvalue weighted by atomic mass is 16.5. The van der Waals surface area contributed by atoms with Crippen LogP contribution in [0.15, 0.2) is 35.4 Å². The first kappa shape index (κ1) is 20.0. The summed E-state index contributed by atoms with van der Waals surface area (Å²) in [5.41, 5.74) is 0.742. The molecule has 28 heavy (non-hydrogen) atoms. The van der Waals surface area contributed by atoms with E-state index in [1.54, 1.807) is 24.3 Å². The van der Waals surface area contributed by atoms with Gasteiger partial charge in [0.25, 0.3) is 5.91 Å². The highest BCUT2D eigenvalue weighted by Crippen LogP contribution is 2.29. The van der Waals surface area contributed by atoms with E-state index in [9.17, 15) is 14.4 Å². The molecule has 1 aromatic rings. The van der Waals surface area contributed by atoms with Crippen LogP contribution in [0.5, 0.6) is 0 Å². The number of nitrogens with one attached hydrogen (secondary N) is 1. The summed E-state index contributed by atoms with van der Waals surface area (Å²) in [6.07, 6.45) is 3.60. The molecule has 1 heterocycles. The monoisotopic (exact) mass is 385 g/mol. The summed E-state index contributed by atoms with van der Waals surface area (Å²) in [6, 6.07) is 9.03. The van der Waals surface area contributed by atoms with Gasteiger partial charge in [-0.15, -0.1) is 0 Å². The van der Waals surface area contributed by atoms with Gasteiger partial charge in [0.2, 0.25) is 5.91 Å². The van der Waals surface area contributed by atoms with Crippen molar-refractivity contribution in [1.82, 2.24) is 5.32 Å². The summed E-state index contributed by atoms with van der Waals surface area (Å²) in [4.78, 5) is 36.6. The lowest BCUT2D eigenvalue weighted by atomic mass is 9.78. The van der Waals surface area contributed by atoms with Crippen molar-refractivity contribution in [3.8, 4) is 0 Å². The Kier molecular flexibility index (Phi) is 6.44. The zero-order chi connectivity index (χ0) is 20.1. The molecule has 1 N–H and O–H groups in total. The van der Waals surface area contributed by atoms with Crippen LogP contribution in [-0.4, -0.2) is 36.1 Å². The Bertz CT molecular complexity index is 762. The van der Waals surface area contributed by atoms with E-state index in [4.69, 9.17) is 4.74 Å². The van der Waals surface area contributed by atoms with Crippen LogP contribution < -0.4 is 10.3 Å². The first-order valence-corrected chi connectivity index (χ1v) is 9.87. The van der Waals surface area contributed by atoms with E-state index >= 15 is 0 Å². The number of carbonyl (C=O) groups excluding carboxylic acids is 3. The molecule has 150 valence electrons. The third-order valence-corrected chi connectivity index (χ3v) is 5.66. The fourth-order valence-corrected chi connectivity index (χ4v) is 3.72. The van der Waals surface area contributed by atoms with Gasteiger partial charge in [0.05, 0.1) is 5.69 Å². The Morgan fingerprint density at radius 2 is 1.93 bits per heavy atom. The van der Waals surface area contributed by atoms with E-state index in [2.05, 4.69) is 24.3 Å². The van der Waals surface area contributed by atoms with Gasteiger partial charge in [0.15, 0.2) is 6.61 Å². The second-order valence-electron chi connectivity index (χ2n) is 7.61. The Hall–Kier alpha value is -2.70. The summed E-state index contributed by atoms with van der Waals surface area (Å²) in [7, 11) is 0. The van der Waals surface area contributed by atoms with Crippen molar-refractivity contribution in [2.75, 3.05) is 11.6 Å². The molecular weight excluding hydrogens is 358 g/mol. The Balaban J connectivity index is 1.55. The average molecular weight is 385 g/mol. The van der Waals surface area contributed by atoms with Crippen molar-refractivity contribution in [2.45, 2.75) is 52.0 Å². The molecule has 3 atom stereocenters. The number of amides is 2. The van der Waals surface area contributed by atoms with Gasteiger partial charge >= 0.3 is 5.97 Å². The SMILES string of the molecule is C[C@H]1[C@@H](NC(=O)COC(=O)C2=NN(c3ccccc3)C(=O)CC2)CCC[C@@H]1C. The van der Waals surface area contributed by atoms with Crippen molar-refractivity contribution in [2.24, 2.45) is 16.9 Å². The van der Waals surface area contributed by atoms with Crippen LogP contribution in [0.4, 0.5) is 5.69 Å². The lowest BCUT2D eigenvalue weighted by molar-refractivity contribution is -0.142. The number of hydrogen-bond donors (Lipinski definition) is 1. The lowest BCUT2D eigenvalue weighted by Crippen LogP contribution is -2.45. The van der Waals surface area contributed by atoms with Gasteiger partial charge in [0.1, 0.15) is 5.71 Å². The topological polar surface area (TPSA) is 88.1 Å². The minimum absolute atomic E-state index is 0.119. The molecule has 3 rings (SSSR count). The summed E-state index contributed by atoms with van der Waals surface area (Å²) < 4.78 is 5.15. The smallest absolute Gasteiger partial charge is 0.355 e. The predicted molar refractivity (Wildman–Crippen MR) is 106 cm³/mol. The van der Waals surface area contributed by atoms with Gasteiger partial charge in [0, 0.05) is 18.9 Å². The fourth-order valence-electron chi connectivity index (χ4n) is 3.72. The molecule has 0 spiro atoms. The fraction of sp³-hybridized carbons (Fsp3) is 0.524. The second kappa shape index (κ2) is 8.99. The van der Waals surface area contributed by atoms with E-state index in [0.717, 1.165) is 12.8 Å². The van der Waals surface area contributed by atoms with Crippen molar-refractivity contribution >= 4 is 29.2 Å². The normalized spacial score (nSPS) is 25.1. The largest absolute Gasteiger partial charge is 0.451 e. The highest BCUT2D eigenvalue weighted by Gasteiger charge is 2.29. The number of hydrogen-bond acceptors (Lipinski definition) is 5. The van der Waals surface area contributed by atoms with E-state index < -0.39 is 5.97 Å². The van der Waals surface area contributed by atoms with Gasteiger partial charge in [-0.25, -0.2) is 9.80 Å². The number of nitrogens with zero attached hydrogens (tertiary/aromatic N) is 2. The average Bonchev–Trinajstić information content (AvgIpc) is 2.70. The van der Waals surface area contributed by atoms with Crippen LogP contribution >= 0.6 is 0 Å². The molecule has 2 aliphatic rings. The number of hydrazone groups is 1. The van der Waals surface area contributed by atoms with Gasteiger partial charge in [-0.2, -0.15) is 5.10 Å². The summed E-state index contributed by atoms with van der Waals surface area (Å²) in [6.45, 7) is 4.01. The molecule has 0 saturated heterocycles. The lowest BCUT2D eigenvalue weighted by Gasteiger charge is -2.34. The maximum Gasteiger partial charge on any atom is 0.355 e. The molecular formula is C21H27N3O4. The van der Waals surface area contributed by atoms with Crippen LogP contribution in [0.25, 0.3) is 0 Å². The molecule has 7 heteroatoms. The molecule has 7 nitrogen and oxygen atoms in total. The minimum Gasteiger partial charge on any atom is -0.451 e. The van der Waals surface area contributed by atoms with Gasteiger partial charge in [-0.05, 0) is 30.4 Å². The maximum absolute atomic E-state index is 12.3. The Morgan fingerprint density at radius 1 is 1.18 bits per heavy atom. The molecule has 0 unspecified atom stereocenters. The third-order valence-electron chi connectivity index (χ3n) is 5.66. The van der Waals surface area contributed by atoms with Crippen LogP contribution in [0.1, 0.15) is 46.0 Å². The van der Waals surface area contributed by atoms with Crippen molar-refractivity contribution in [3.05, 3.63) is 30.3 Å². The van der Waals surface area contributed by atoms with E-state index in [-0.39, 0.29) is 43.0 Å². The molecule has 1 fully saturated rings. The number of carbonyl (C=O) groups is 3. The number of anilines is 1. The number of para-hydroxylation sites is 1. The zero-order valence-electron chi connectivity index (χ0n) is 16.4. The molecule has 1 aliphatic heterocycles. The number of benzene rings is 1. The van der Waals surface area contributed by atoms with Gasteiger partial charge < -0.3 is 10.1 Å². The molecule has 0 radical (unpaired) electrons. The molecule has 0 bridgehead atoms. The molecule has 1 aromatic carbocycles. The van der Waals surface area contributed by atoms with Crippen molar-refractivity contribution in [1.29, 1.82) is 0 Å². The standard InChI is InChI=1S/C21H27N3O4/c1-14-7-6-10-17(15(14)2)22-19(25)13-28-21(27)18-11-12-20(26)24(23-18)16-8-4-3-5-9-16/h3-5,8-9,14-15,17H,6-7,10-13H2,1-2H3,(H,22,25)/t14-,15+,17-/m0/s1. The minimum atomic E-state index is -0.659. The van der Waals surface area contributed by atoms with Gasteiger partial charge in [-0.1, -0.05) is 44.9 Å². The summed E-state index contributed by atoms with van der Waals surface area (Å²) >= 11 is 0. The number of ether oxygens (including phenoxy) is 1. The summed E-state index contributed by atoms with van der Waals surface area (Å²) in [5, 5.41) is 8.33. The molecule has 1 aliphatic carbocycles. The summed E-state index contributed by atoms with van der Waals surface area (Å²) in [5.74, 6) is -0.164. The quantitative estimate of drug-likeness (QED) is 0.789. The first-order chi connectivity index (χ1) is 13.5. The van der Waals surface area contributed by atoms with Crippen LogP contribution in [0, 0.1) is 11.8 Å². The van der Waals surface area contributed by atoms with E-state index in [1.165, 1.54) is 11.4 Å². The van der Waals surface area contributed by atoms with Gasteiger partial charge in [-0.3, -0.25) is 9.59 Å². The third kappa shape index (κ3) is 4.77. The zero-order valence-corrected chi connectivity index (χ0v) is 16.4. The maximum atomic E-state index is 12.3. The van der Waals surface area contributed by atoms with Crippen molar-refractivity contribution in [3.63, 3.8) is 0 Å². The van der Waals surface area contributed by atoms with E-state index in [0.29, 0.717) is 17.5 Å². The number of rotatable bonds is 5. The predicted octanol–water partition coefficient (Wildman–Crippen LogP) is 2.65. The Labute approximate surface area is 165 Å². The second-order valence-corrected chi connectivity index (χ2v) is 7.61.